The van der Waals surface area contributed by atoms with Crippen LogP contribution in [0, 0.1) is 17.6 Å². The third-order valence-corrected chi connectivity index (χ3v) is 5.04. The zero-order chi connectivity index (χ0) is 23.8. The van der Waals surface area contributed by atoms with E-state index in [1.807, 2.05) is 0 Å². The van der Waals surface area contributed by atoms with Crippen LogP contribution in [0.4, 0.5) is 27.6 Å². The van der Waals surface area contributed by atoms with Crippen molar-refractivity contribution in [1.29, 1.82) is 0 Å². The molecule has 7 nitrogen and oxygen atoms in total. The molecular weight excluding hydrogens is 451 g/mol. The molecular formula is C21H15F5N4O3. The predicted octanol–water partition coefficient (Wildman–Crippen LogP) is 4.25. The number of anilines is 1. The van der Waals surface area contributed by atoms with Gasteiger partial charge in [0.2, 0.25) is 0 Å². The van der Waals surface area contributed by atoms with E-state index in [0.717, 1.165) is 18.2 Å². The number of amides is 2. The van der Waals surface area contributed by atoms with E-state index in [0.29, 0.717) is 19.0 Å². The molecule has 0 aliphatic heterocycles. The van der Waals surface area contributed by atoms with Gasteiger partial charge in [0.15, 0.2) is 11.6 Å². The Balaban J connectivity index is 1.29. The Bertz CT molecular complexity index is 1250. The van der Waals surface area contributed by atoms with E-state index < -0.39 is 35.2 Å². The van der Waals surface area contributed by atoms with Gasteiger partial charge in [0.05, 0.1) is 23.0 Å². The SMILES string of the molecule is O=C(/N=C/C1CC(Oc2cncc(C(F)(F)F)c2)C1)C(=O)Nc1c[nH]c2cc(F)c(F)cc12. The molecule has 0 unspecified atom stereocenters. The Morgan fingerprint density at radius 2 is 1.88 bits per heavy atom. The van der Waals surface area contributed by atoms with Crippen LogP contribution in [0.1, 0.15) is 18.4 Å². The molecule has 12 heteroatoms. The van der Waals surface area contributed by atoms with Crippen LogP contribution in [0.3, 0.4) is 0 Å². The molecule has 172 valence electrons. The Morgan fingerprint density at radius 3 is 2.61 bits per heavy atom. The number of hydrogen-bond acceptors (Lipinski definition) is 4. The number of carbonyl (C=O) groups is 2. The van der Waals surface area contributed by atoms with E-state index in [-0.39, 0.29) is 34.4 Å². The quantitative estimate of drug-likeness (QED) is 0.341. The van der Waals surface area contributed by atoms with Crippen LogP contribution in [-0.4, -0.2) is 34.1 Å². The molecule has 3 aromatic rings. The number of aromatic amines is 1. The van der Waals surface area contributed by atoms with Crippen LogP contribution in [0.2, 0.25) is 0 Å². The first-order valence-corrected chi connectivity index (χ1v) is 9.64. The number of aromatic nitrogens is 2. The van der Waals surface area contributed by atoms with Gasteiger partial charge in [-0.15, -0.1) is 0 Å². The van der Waals surface area contributed by atoms with Crippen molar-refractivity contribution in [2.24, 2.45) is 10.9 Å². The number of nitrogens with zero attached hydrogens (tertiary/aromatic N) is 2. The number of aliphatic imine (C=N–C) groups is 1. The molecule has 1 fully saturated rings. The van der Waals surface area contributed by atoms with Crippen molar-refractivity contribution in [2.45, 2.75) is 25.1 Å². The molecule has 0 spiro atoms. The second-order valence-electron chi connectivity index (χ2n) is 7.43. The lowest BCUT2D eigenvalue weighted by Gasteiger charge is -2.32. The van der Waals surface area contributed by atoms with Crippen molar-refractivity contribution in [3.8, 4) is 5.75 Å². The summed E-state index contributed by atoms with van der Waals surface area (Å²) in [5, 5.41) is 2.47. The van der Waals surface area contributed by atoms with Crippen LogP contribution in [0.25, 0.3) is 10.9 Å². The first kappa shape index (κ1) is 22.4. The van der Waals surface area contributed by atoms with Gasteiger partial charge in [-0.2, -0.15) is 13.2 Å². The van der Waals surface area contributed by atoms with E-state index in [9.17, 15) is 31.5 Å². The van der Waals surface area contributed by atoms with Crippen LogP contribution in [0.5, 0.6) is 5.75 Å². The van der Waals surface area contributed by atoms with Gasteiger partial charge in [0.25, 0.3) is 0 Å². The third-order valence-electron chi connectivity index (χ3n) is 5.04. The number of alkyl halides is 3. The highest BCUT2D eigenvalue weighted by Gasteiger charge is 2.33. The normalized spacial score (nSPS) is 18.3. The van der Waals surface area contributed by atoms with Gasteiger partial charge < -0.3 is 15.0 Å². The molecule has 0 atom stereocenters. The average molecular weight is 466 g/mol. The van der Waals surface area contributed by atoms with Crippen molar-refractivity contribution in [3.63, 3.8) is 0 Å². The van der Waals surface area contributed by atoms with E-state index >= 15 is 0 Å². The maximum atomic E-state index is 13.4. The van der Waals surface area contributed by atoms with Gasteiger partial charge >= 0.3 is 18.0 Å². The fourth-order valence-corrected chi connectivity index (χ4v) is 3.28. The molecule has 0 bridgehead atoms. The Labute approximate surface area is 182 Å². The first-order valence-electron chi connectivity index (χ1n) is 9.64. The second kappa shape index (κ2) is 8.60. The number of carbonyl (C=O) groups excluding carboxylic acids is 2. The molecule has 2 heterocycles. The fourth-order valence-electron chi connectivity index (χ4n) is 3.28. The molecule has 4 rings (SSSR count). The monoisotopic (exact) mass is 466 g/mol. The van der Waals surface area contributed by atoms with Gasteiger partial charge in [-0.05, 0) is 25.0 Å². The van der Waals surface area contributed by atoms with Crippen LogP contribution >= 0.6 is 0 Å². The minimum Gasteiger partial charge on any atom is -0.489 e. The van der Waals surface area contributed by atoms with Crippen molar-refractivity contribution in [2.75, 3.05) is 5.32 Å². The minimum absolute atomic E-state index is 0.0179. The van der Waals surface area contributed by atoms with Gasteiger partial charge in [0.1, 0.15) is 11.9 Å². The molecule has 0 radical (unpaired) electrons. The molecule has 1 saturated carbocycles. The van der Waals surface area contributed by atoms with E-state index in [2.05, 4.69) is 20.3 Å². The lowest BCUT2D eigenvalue weighted by molar-refractivity contribution is -0.138. The number of benzene rings is 1. The third kappa shape index (κ3) is 4.99. The van der Waals surface area contributed by atoms with Crippen LogP contribution in [0.15, 0.2) is 41.8 Å². The van der Waals surface area contributed by atoms with Crippen molar-refractivity contribution >= 4 is 34.6 Å². The number of ether oxygens (including phenoxy) is 1. The van der Waals surface area contributed by atoms with Crippen LogP contribution in [-0.2, 0) is 15.8 Å². The highest BCUT2D eigenvalue weighted by molar-refractivity contribution is 6.41. The number of halogens is 5. The standard InChI is InChI=1S/C21H15F5N4O3/c22-15-4-14-17(5-16(15)23)28-9-18(14)30-20(32)19(31)29-6-10-1-12(2-10)33-13-3-11(7-27-8-13)21(24,25)26/h3-10,12,28H,1-2H2,(H,30,32)/b29-6+. The summed E-state index contributed by atoms with van der Waals surface area (Å²) in [6.45, 7) is 0. The highest BCUT2D eigenvalue weighted by atomic mass is 19.4. The lowest BCUT2D eigenvalue weighted by Crippen LogP contribution is -2.35. The lowest BCUT2D eigenvalue weighted by atomic mass is 9.83. The van der Waals surface area contributed by atoms with Gasteiger partial charge in [-0.3, -0.25) is 14.6 Å². The van der Waals surface area contributed by atoms with E-state index in [1.54, 1.807) is 0 Å². The molecule has 2 amide bonds. The molecule has 33 heavy (non-hydrogen) atoms. The molecule has 2 N–H and O–H groups in total. The summed E-state index contributed by atoms with van der Waals surface area (Å²) in [5.74, 6) is -4.55. The van der Waals surface area contributed by atoms with Crippen molar-refractivity contribution in [1.82, 2.24) is 9.97 Å². The van der Waals surface area contributed by atoms with E-state index in [4.69, 9.17) is 4.74 Å². The zero-order valence-corrected chi connectivity index (χ0v) is 16.6. The number of rotatable bonds is 4. The first-order chi connectivity index (χ1) is 15.6. The molecule has 1 aromatic carbocycles. The molecule has 1 aliphatic rings. The smallest absolute Gasteiger partial charge is 0.418 e. The predicted molar refractivity (Wildman–Crippen MR) is 107 cm³/mol. The Morgan fingerprint density at radius 1 is 1.15 bits per heavy atom. The number of fused-ring (bicyclic) bond motifs is 1. The molecule has 1 aliphatic carbocycles. The fraction of sp³-hybridized carbons (Fsp3) is 0.238. The summed E-state index contributed by atoms with van der Waals surface area (Å²) in [4.78, 5) is 33.8. The second-order valence-corrected chi connectivity index (χ2v) is 7.43. The number of pyridine rings is 1. The maximum Gasteiger partial charge on any atom is 0.418 e. The number of H-pyrrole nitrogens is 1. The van der Waals surface area contributed by atoms with Gasteiger partial charge in [-0.1, -0.05) is 0 Å². The number of hydrogen-bond donors (Lipinski definition) is 2. The summed E-state index contributed by atoms with van der Waals surface area (Å²) < 4.78 is 70.3. The summed E-state index contributed by atoms with van der Waals surface area (Å²) in [6, 6.07) is 2.66. The van der Waals surface area contributed by atoms with Crippen molar-refractivity contribution < 1.29 is 36.3 Å². The van der Waals surface area contributed by atoms with E-state index in [1.165, 1.54) is 18.6 Å². The largest absolute Gasteiger partial charge is 0.489 e. The molecule has 2 aromatic heterocycles. The summed E-state index contributed by atoms with van der Waals surface area (Å²) in [5.41, 5.74) is -0.599. The Kier molecular flexibility index (Phi) is 5.83. The number of nitrogens with one attached hydrogen (secondary N) is 2. The Hall–Kier alpha value is -3.83. The minimum atomic E-state index is -4.53. The highest BCUT2D eigenvalue weighted by Crippen LogP contribution is 2.34. The summed E-state index contributed by atoms with van der Waals surface area (Å²) in [6.07, 6.45) is 0.312. The maximum absolute atomic E-state index is 13.4. The van der Waals surface area contributed by atoms with Crippen LogP contribution < -0.4 is 10.1 Å². The van der Waals surface area contributed by atoms with Gasteiger partial charge in [-0.25, -0.2) is 13.8 Å². The van der Waals surface area contributed by atoms with Gasteiger partial charge in [0, 0.05) is 36.0 Å². The molecule has 0 saturated heterocycles. The van der Waals surface area contributed by atoms with Crippen molar-refractivity contribution in [3.05, 3.63) is 54.0 Å². The average Bonchev–Trinajstić information content (AvgIpc) is 3.10. The summed E-state index contributed by atoms with van der Waals surface area (Å²) in [7, 11) is 0. The summed E-state index contributed by atoms with van der Waals surface area (Å²) >= 11 is 0. The topological polar surface area (TPSA) is 96.4 Å². The zero-order valence-electron chi connectivity index (χ0n) is 16.6.